The number of amides is 3. The first-order chi connectivity index (χ1) is 12.9. The third-order valence-electron chi connectivity index (χ3n) is 5.71. The van der Waals surface area contributed by atoms with Crippen LogP contribution in [-0.2, 0) is 14.3 Å². The molecule has 0 bridgehead atoms. The van der Waals surface area contributed by atoms with Crippen LogP contribution in [0.5, 0.6) is 0 Å². The maximum Gasteiger partial charge on any atom is 0.347 e. The molecule has 9 heteroatoms. The number of ether oxygens (including phenoxy) is 1. The Balaban J connectivity index is 1.96. The Kier molecular flexibility index (Phi) is 5.59. The van der Waals surface area contributed by atoms with E-state index in [4.69, 9.17) is 4.74 Å². The summed E-state index contributed by atoms with van der Waals surface area (Å²) in [5.41, 5.74) is 0. The largest absolute Gasteiger partial charge is 0.466 e. The number of hydrogen-bond acceptors (Lipinski definition) is 6. The van der Waals surface area contributed by atoms with E-state index in [1.165, 1.54) is 25.5 Å². The molecule has 27 heavy (non-hydrogen) atoms. The van der Waals surface area contributed by atoms with Crippen LogP contribution in [0.1, 0.15) is 32.6 Å². The summed E-state index contributed by atoms with van der Waals surface area (Å²) in [6.45, 7) is 3.61. The van der Waals surface area contributed by atoms with Gasteiger partial charge in [-0.25, -0.2) is 14.2 Å². The first kappa shape index (κ1) is 19.5. The zero-order valence-electron chi connectivity index (χ0n) is 16.5. The van der Waals surface area contributed by atoms with E-state index in [-0.39, 0.29) is 12.5 Å². The van der Waals surface area contributed by atoms with E-state index in [1.807, 2.05) is 0 Å². The molecule has 0 radical (unpaired) electrons. The van der Waals surface area contributed by atoms with Gasteiger partial charge in [-0.05, 0) is 30.8 Å². The fraction of sp³-hybridized carbons (Fsp3) is 0.722. The van der Waals surface area contributed by atoms with Gasteiger partial charge in [0.25, 0.3) is 17.8 Å². The molecule has 0 aromatic heterocycles. The van der Waals surface area contributed by atoms with Crippen LogP contribution in [0, 0.1) is 0 Å². The maximum atomic E-state index is 12.8. The van der Waals surface area contributed by atoms with E-state index < -0.39 is 18.0 Å². The van der Waals surface area contributed by atoms with Crippen LogP contribution in [0.3, 0.4) is 0 Å². The van der Waals surface area contributed by atoms with Gasteiger partial charge in [0.1, 0.15) is 6.54 Å². The van der Waals surface area contributed by atoms with Crippen molar-refractivity contribution in [2.45, 2.75) is 44.7 Å². The normalized spacial score (nSPS) is 26.4. The van der Waals surface area contributed by atoms with Crippen LogP contribution in [-0.4, -0.2) is 102 Å². The number of carbonyl (C=O) groups is 3. The molecular weight excluding hydrogens is 350 g/mol. The van der Waals surface area contributed by atoms with Gasteiger partial charge >= 0.3 is 17.8 Å². The second kappa shape index (κ2) is 7.75. The number of methoxy groups -OCH3 is 1. The van der Waals surface area contributed by atoms with Crippen LogP contribution in [0.4, 0.5) is 4.79 Å². The van der Waals surface area contributed by atoms with Crippen molar-refractivity contribution in [2.75, 3.05) is 40.8 Å². The number of amidine groups is 2. The number of imide groups is 1. The number of piperidine rings is 1. The fourth-order valence-electron chi connectivity index (χ4n) is 4.07. The van der Waals surface area contributed by atoms with Gasteiger partial charge in [0.05, 0.1) is 7.11 Å². The number of nitrogens with zero attached hydrogens (tertiary/aromatic N) is 5. The summed E-state index contributed by atoms with van der Waals surface area (Å²) in [7, 11) is 4.37. The molecule has 3 aliphatic heterocycles. The van der Waals surface area contributed by atoms with Crippen LogP contribution < -0.4 is 0 Å². The standard InChI is InChI=1S/C18H28N5O4/c1-5-12-8-6-7-9-22(12)10-13-19-16-15(23(13)11-14(24)27-4)17(25)21(3)18(26)20(16)2/h12,15H,5-11H2,1-4H3/q+1. The number of esters is 1. The number of aliphatic imine (C=N–C) groups is 1. The maximum absolute atomic E-state index is 12.8. The highest BCUT2D eigenvalue weighted by Gasteiger charge is 2.53. The molecule has 2 unspecified atom stereocenters. The lowest BCUT2D eigenvalue weighted by atomic mass is 10.00. The van der Waals surface area contributed by atoms with E-state index in [1.54, 1.807) is 11.6 Å². The Morgan fingerprint density at radius 1 is 1.26 bits per heavy atom. The lowest BCUT2D eigenvalue weighted by Crippen LogP contribution is -2.62. The molecule has 0 aliphatic carbocycles. The van der Waals surface area contributed by atoms with E-state index in [0.717, 1.165) is 30.7 Å². The van der Waals surface area contributed by atoms with Gasteiger partial charge in [-0.3, -0.25) is 19.5 Å². The zero-order chi connectivity index (χ0) is 19.7. The van der Waals surface area contributed by atoms with Crippen molar-refractivity contribution in [3.8, 4) is 0 Å². The lowest BCUT2D eigenvalue weighted by Gasteiger charge is -2.34. The number of rotatable bonds is 5. The van der Waals surface area contributed by atoms with E-state index in [2.05, 4.69) is 16.8 Å². The Labute approximate surface area is 159 Å². The molecule has 3 heterocycles. The summed E-state index contributed by atoms with van der Waals surface area (Å²) < 4.78 is 6.50. The van der Waals surface area contributed by atoms with Crippen LogP contribution in [0.25, 0.3) is 0 Å². The predicted octanol–water partition coefficient (Wildman–Crippen LogP) is 0.139. The summed E-state index contributed by atoms with van der Waals surface area (Å²) in [6.07, 6.45) is 4.53. The number of likely N-dealkylation sites (tertiary alicyclic amines) is 1. The van der Waals surface area contributed by atoms with Gasteiger partial charge in [0, 0.05) is 20.1 Å². The predicted molar refractivity (Wildman–Crippen MR) is 98.8 cm³/mol. The SMILES string of the molecule is CCC1CCCCN1CC1=[N+](CC(=O)OC)C2C(=O)N(C)C(=O)N(C)C2=N1. The van der Waals surface area contributed by atoms with Crippen molar-refractivity contribution in [3.05, 3.63) is 0 Å². The Morgan fingerprint density at radius 2 is 2.00 bits per heavy atom. The highest BCUT2D eigenvalue weighted by Crippen LogP contribution is 2.23. The average Bonchev–Trinajstić information content (AvgIpc) is 3.03. The first-order valence-corrected chi connectivity index (χ1v) is 9.46. The second-order valence-electron chi connectivity index (χ2n) is 7.26. The van der Waals surface area contributed by atoms with Gasteiger partial charge in [-0.1, -0.05) is 13.3 Å². The van der Waals surface area contributed by atoms with Crippen molar-refractivity contribution in [1.82, 2.24) is 14.7 Å². The summed E-state index contributed by atoms with van der Waals surface area (Å²) >= 11 is 0. The molecule has 0 saturated carbocycles. The van der Waals surface area contributed by atoms with E-state index in [9.17, 15) is 14.4 Å². The lowest BCUT2D eigenvalue weighted by molar-refractivity contribution is -0.527. The Hall–Kier alpha value is -2.29. The third-order valence-corrected chi connectivity index (χ3v) is 5.71. The van der Waals surface area contributed by atoms with Crippen molar-refractivity contribution < 1.29 is 23.7 Å². The number of urea groups is 1. The fourth-order valence-corrected chi connectivity index (χ4v) is 4.07. The second-order valence-corrected chi connectivity index (χ2v) is 7.26. The highest BCUT2D eigenvalue weighted by molar-refractivity contribution is 6.23. The van der Waals surface area contributed by atoms with Crippen molar-refractivity contribution in [1.29, 1.82) is 0 Å². The molecule has 2 saturated heterocycles. The van der Waals surface area contributed by atoms with Crippen LogP contribution >= 0.6 is 0 Å². The zero-order valence-corrected chi connectivity index (χ0v) is 16.5. The van der Waals surface area contributed by atoms with Gasteiger partial charge in [0.2, 0.25) is 0 Å². The van der Waals surface area contributed by atoms with Gasteiger partial charge in [-0.2, -0.15) is 0 Å². The molecule has 0 aromatic rings. The monoisotopic (exact) mass is 378 g/mol. The number of fused-ring (bicyclic) bond motifs is 1. The smallest absolute Gasteiger partial charge is 0.347 e. The molecule has 148 valence electrons. The first-order valence-electron chi connectivity index (χ1n) is 9.46. The van der Waals surface area contributed by atoms with Crippen molar-refractivity contribution in [3.63, 3.8) is 0 Å². The van der Waals surface area contributed by atoms with Gasteiger partial charge in [0.15, 0.2) is 6.54 Å². The van der Waals surface area contributed by atoms with Gasteiger partial charge < -0.3 is 4.74 Å². The highest BCUT2D eigenvalue weighted by atomic mass is 16.5. The molecule has 0 spiro atoms. The third kappa shape index (κ3) is 3.47. The average molecular weight is 378 g/mol. The van der Waals surface area contributed by atoms with Crippen LogP contribution in [0.2, 0.25) is 0 Å². The molecule has 0 N–H and O–H groups in total. The number of carbonyl (C=O) groups excluding carboxylic acids is 3. The molecule has 2 atom stereocenters. The van der Waals surface area contributed by atoms with Crippen molar-refractivity contribution >= 4 is 29.6 Å². The van der Waals surface area contributed by atoms with Crippen molar-refractivity contribution in [2.24, 2.45) is 4.99 Å². The quantitative estimate of drug-likeness (QED) is 0.502. The van der Waals surface area contributed by atoms with Crippen LogP contribution in [0.15, 0.2) is 4.99 Å². The molecule has 9 nitrogen and oxygen atoms in total. The van der Waals surface area contributed by atoms with E-state index >= 15 is 0 Å². The Bertz CT molecular complexity index is 717. The summed E-state index contributed by atoms with van der Waals surface area (Å²) in [5, 5.41) is 0. The molecule has 3 rings (SSSR count). The molecular formula is C18H28N5O4+. The summed E-state index contributed by atoms with van der Waals surface area (Å²) in [6, 6.07) is -0.720. The molecule has 3 aliphatic rings. The molecule has 2 fully saturated rings. The topological polar surface area (TPSA) is 85.5 Å². The minimum Gasteiger partial charge on any atom is -0.466 e. The summed E-state index contributed by atoms with van der Waals surface area (Å²) in [5.74, 6) is 0.210. The van der Waals surface area contributed by atoms with E-state index in [0.29, 0.717) is 24.3 Å². The Morgan fingerprint density at radius 3 is 2.67 bits per heavy atom. The number of hydrogen-bond donors (Lipinski definition) is 0. The van der Waals surface area contributed by atoms with Gasteiger partial charge in [-0.15, -0.1) is 0 Å². The minimum atomic E-state index is -0.767. The summed E-state index contributed by atoms with van der Waals surface area (Å²) in [4.78, 5) is 46.5. The minimum absolute atomic E-state index is 0.0737. The molecule has 3 amide bonds. The number of likely N-dealkylation sites (N-methyl/N-ethyl adjacent to an activating group) is 2. The molecule has 0 aromatic carbocycles.